The van der Waals surface area contributed by atoms with E-state index in [-0.39, 0.29) is 11.7 Å². The molecule has 2 aliphatic rings. The first-order chi connectivity index (χ1) is 16.2. The molecule has 1 saturated heterocycles. The number of carbonyl (C=O) groups excluding carboxylic acids is 1. The number of rotatable bonds is 4. The van der Waals surface area contributed by atoms with Gasteiger partial charge in [-0.05, 0) is 31.0 Å². The second kappa shape index (κ2) is 8.04. The Morgan fingerprint density at radius 2 is 1.79 bits per heavy atom. The van der Waals surface area contributed by atoms with Crippen LogP contribution in [0.3, 0.4) is 0 Å². The predicted molar refractivity (Wildman–Crippen MR) is 121 cm³/mol. The monoisotopic (exact) mass is 443 g/mol. The second-order valence-corrected chi connectivity index (χ2v) is 8.46. The van der Waals surface area contributed by atoms with E-state index in [4.69, 9.17) is 9.84 Å². The van der Waals surface area contributed by atoms with Gasteiger partial charge in [0.2, 0.25) is 0 Å². The fourth-order valence-corrected chi connectivity index (χ4v) is 4.30. The Hall–Kier alpha value is -3.65. The highest BCUT2D eigenvalue weighted by atomic mass is 19.1. The zero-order valence-electron chi connectivity index (χ0n) is 17.9. The summed E-state index contributed by atoms with van der Waals surface area (Å²) in [6, 6.07) is 12.3. The minimum atomic E-state index is -0.319. The number of benzene rings is 2. The van der Waals surface area contributed by atoms with Gasteiger partial charge >= 0.3 is 0 Å². The van der Waals surface area contributed by atoms with E-state index in [2.05, 4.69) is 9.97 Å². The molecule has 0 bridgehead atoms. The predicted octanol–water partition coefficient (Wildman–Crippen LogP) is 3.97. The summed E-state index contributed by atoms with van der Waals surface area (Å²) in [6.07, 6.45) is 5.42. The third kappa shape index (κ3) is 3.66. The lowest BCUT2D eigenvalue weighted by atomic mass is 10.1. The molecule has 0 atom stereocenters. The Balaban J connectivity index is 1.41. The van der Waals surface area contributed by atoms with E-state index in [0.717, 1.165) is 29.4 Å². The zero-order valence-corrected chi connectivity index (χ0v) is 17.9. The van der Waals surface area contributed by atoms with E-state index in [0.29, 0.717) is 54.9 Å². The summed E-state index contributed by atoms with van der Waals surface area (Å²) in [4.78, 5) is 23.8. The third-order valence-corrected chi connectivity index (χ3v) is 6.23. The molecule has 0 N–H and O–H groups in total. The maximum absolute atomic E-state index is 14.2. The molecule has 1 aliphatic carbocycles. The van der Waals surface area contributed by atoms with Crippen LogP contribution in [0.15, 0.2) is 54.9 Å². The number of aromatic nitrogens is 4. The van der Waals surface area contributed by atoms with Crippen molar-refractivity contribution in [2.24, 2.45) is 0 Å². The van der Waals surface area contributed by atoms with Crippen LogP contribution in [0.5, 0.6) is 0 Å². The van der Waals surface area contributed by atoms with Gasteiger partial charge in [-0.3, -0.25) is 4.79 Å². The highest BCUT2D eigenvalue weighted by Crippen LogP contribution is 2.43. The minimum Gasteiger partial charge on any atom is -0.378 e. The van der Waals surface area contributed by atoms with Gasteiger partial charge in [0.1, 0.15) is 5.82 Å². The summed E-state index contributed by atoms with van der Waals surface area (Å²) >= 11 is 0. The van der Waals surface area contributed by atoms with Crippen LogP contribution in [0, 0.1) is 5.82 Å². The molecule has 2 fully saturated rings. The summed E-state index contributed by atoms with van der Waals surface area (Å²) in [6.45, 7) is 2.29. The lowest BCUT2D eigenvalue weighted by Crippen LogP contribution is -2.40. The molecule has 0 radical (unpaired) electrons. The number of ether oxygens (including phenoxy) is 1. The lowest BCUT2D eigenvalue weighted by molar-refractivity contribution is 0.0303. The molecule has 6 rings (SSSR count). The van der Waals surface area contributed by atoms with Gasteiger partial charge in [-0.15, -0.1) is 0 Å². The van der Waals surface area contributed by atoms with Crippen LogP contribution >= 0.6 is 0 Å². The largest absolute Gasteiger partial charge is 0.378 e. The van der Waals surface area contributed by atoms with Crippen LogP contribution in [0.4, 0.5) is 4.39 Å². The van der Waals surface area contributed by atoms with Gasteiger partial charge in [0, 0.05) is 53.5 Å². The molecule has 8 heteroatoms. The number of morpholine rings is 1. The maximum Gasteiger partial charge on any atom is 0.254 e. The van der Waals surface area contributed by atoms with Crippen LogP contribution in [0.25, 0.3) is 28.0 Å². The number of halogens is 1. The summed E-state index contributed by atoms with van der Waals surface area (Å²) in [5.74, 6) is 0.479. The second-order valence-electron chi connectivity index (χ2n) is 8.46. The van der Waals surface area contributed by atoms with Crippen molar-refractivity contribution in [2.75, 3.05) is 26.3 Å². The molecule has 0 spiro atoms. The van der Waals surface area contributed by atoms with Crippen LogP contribution in [-0.4, -0.2) is 56.9 Å². The van der Waals surface area contributed by atoms with Crippen LogP contribution in [0.1, 0.15) is 34.8 Å². The fourth-order valence-electron chi connectivity index (χ4n) is 4.30. The van der Waals surface area contributed by atoms with Crippen LogP contribution < -0.4 is 0 Å². The van der Waals surface area contributed by atoms with Gasteiger partial charge in [-0.25, -0.2) is 14.4 Å². The molecule has 0 unspecified atom stereocenters. The van der Waals surface area contributed by atoms with Crippen molar-refractivity contribution in [3.05, 3.63) is 71.9 Å². The van der Waals surface area contributed by atoms with Crippen molar-refractivity contribution in [3.63, 3.8) is 0 Å². The quantitative estimate of drug-likeness (QED) is 0.477. The Morgan fingerprint density at radius 1 is 1.03 bits per heavy atom. The Bertz CT molecular complexity index is 1340. The topological polar surface area (TPSA) is 73.1 Å². The molecular weight excluding hydrogens is 421 g/mol. The molecule has 7 nitrogen and oxygen atoms in total. The molecule has 1 saturated carbocycles. The van der Waals surface area contributed by atoms with E-state index in [1.165, 1.54) is 6.07 Å². The number of hydrogen-bond donors (Lipinski definition) is 0. The van der Waals surface area contributed by atoms with E-state index in [9.17, 15) is 9.18 Å². The summed E-state index contributed by atoms with van der Waals surface area (Å²) in [5.41, 5.74) is 3.47. The van der Waals surface area contributed by atoms with Crippen molar-refractivity contribution in [1.82, 2.24) is 24.6 Å². The smallest absolute Gasteiger partial charge is 0.254 e. The molecule has 2 aromatic heterocycles. The van der Waals surface area contributed by atoms with E-state index in [1.807, 2.05) is 23.1 Å². The van der Waals surface area contributed by atoms with E-state index >= 15 is 0 Å². The summed E-state index contributed by atoms with van der Waals surface area (Å²) < 4.78 is 21.2. The first-order valence-corrected chi connectivity index (χ1v) is 11.2. The number of hydrogen-bond acceptors (Lipinski definition) is 5. The molecule has 1 aliphatic heterocycles. The normalized spacial score (nSPS) is 16.3. The maximum atomic E-state index is 14.2. The lowest BCUT2D eigenvalue weighted by Gasteiger charge is -2.26. The standard InChI is InChI=1S/C25H22FN5O2/c26-21-4-2-1-3-19(21)18-14-27-25(28-15-18)31-22-13-17(24(32)30-9-11-33-12-10-30)7-8-20(22)23(29-31)16-5-6-16/h1-4,7-8,13-16H,5-6,9-12H2. The molecule has 2 aromatic carbocycles. The van der Waals surface area contributed by atoms with Gasteiger partial charge in [-0.1, -0.05) is 24.3 Å². The van der Waals surface area contributed by atoms with Gasteiger partial charge in [0.05, 0.1) is 24.4 Å². The minimum absolute atomic E-state index is 0.0169. The molecule has 1 amide bonds. The van der Waals surface area contributed by atoms with Gasteiger partial charge in [-0.2, -0.15) is 9.78 Å². The van der Waals surface area contributed by atoms with E-state index < -0.39 is 0 Å². The van der Waals surface area contributed by atoms with Crippen molar-refractivity contribution in [3.8, 4) is 17.1 Å². The van der Waals surface area contributed by atoms with Crippen molar-refractivity contribution < 1.29 is 13.9 Å². The number of nitrogens with zero attached hydrogens (tertiary/aromatic N) is 5. The van der Waals surface area contributed by atoms with E-state index in [1.54, 1.807) is 35.3 Å². The van der Waals surface area contributed by atoms with Crippen LogP contribution in [0.2, 0.25) is 0 Å². The first-order valence-electron chi connectivity index (χ1n) is 11.2. The van der Waals surface area contributed by atoms with Gasteiger partial charge < -0.3 is 9.64 Å². The molecule has 4 aromatic rings. The Labute approximate surface area is 189 Å². The molecule has 3 heterocycles. The zero-order chi connectivity index (χ0) is 22.4. The average Bonchev–Trinajstić information content (AvgIpc) is 3.65. The van der Waals surface area contributed by atoms with Crippen LogP contribution in [-0.2, 0) is 4.74 Å². The highest BCUT2D eigenvalue weighted by molar-refractivity contribution is 5.98. The SMILES string of the molecule is O=C(c1ccc2c(C3CC3)nn(-c3ncc(-c4ccccc4F)cn3)c2c1)N1CCOCC1. The number of carbonyl (C=O) groups is 1. The Kier molecular flexibility index (Phi) is 4.87. The highest BCUT2D eigenvalue weighted by Gasteiger charge is 2.30. The molecular formula is C25H22FN5O2. The first kappa shape index (κ1) is 20.0. The average molecular weight is 443 g/mol. The number of fused-ring (bicyclic) bond motifs is 1. The Morgan fingerprint density at radius 3 is 2.52 bits per heavy atom. The third-order valence-electron chi connectivity index (χ3n) is 6.23. The number of amides is 1. The molecule has 166 valence electrons. The van der Waals surface area contributed by atoms with Crippen molar-refractivity contribution in [1.29, 1.82) is 0 Å². The van der Waals surface area contributed by atoms with Gasteiger partial charge in [0.15, 0.2) is 0 Å². The van der Waals surface area contributed by atoms with Crippen molar-refractivity contribution >= 4 is 16.8 Å². The van der Waals surface area contributed by atoms with Gasteiger partial charge in [0.25, 0.3) is 11.9 Å². The van der Waals surface area contributed by atoms with Crippen molar-refractivity contribution in [2.45, 2.75) is 18.8 Å². The fraction of sp³-hybridized carbons (Fsp3) is 0.280. The molecule has 33 heavy (non-hydrogen) atoms. The summed E-state index contributed by atoms with van der Waals surface area (Å²) in [7, 11) is 0. The summed E-state index contributed by atoms with van der Waals surface area (Å²) in [5, 5.41) is 5.84.